The van der Waals surface area contributed by atoms with Gasteiger partial charge in [0.05, 0.1) is 6.61 Å². The average molecular weight is 240 g/mol. The Morgan fingerprint density at radius 2 is 2.06 bits per heavy atom. The van der Waals surface area contributed by atoms with Crippen molar-refractivity contribution in [2.75, 3.05) is 6.61 Å². The summed E-state index contributed by atoms with van der Waals surface area (Å²) in [5, 5.41) is 0. The smallest absolute Gasteiger partial charge is 0.319 e. The Morgan fingerprint density at radius 3 is 2.59 bits per heavy atom. The van der Waals surface area contributed by atoms with Gasteiger partial charge in [-0.25, -0.2) is 0 Å². The monoisotopic (exact) mass is 240 g/mol. The molecule has 0 spiro atoms. The first-order chi connectivity index (χ1) is 8.03. The van der Waals surface area contributed by atoms with E-state index in [4.69, 9.17) is 4.74 Å². The van der Waals surface area contributed by atoms with Gasteiger partial charge < -0.3 is 9.53 Å². The molecular weight excluding hydrogens is 220 g/mol. The Morgan fingerprint density at radius 1 is 1.35 bits per heavy atom. The molecular formula is C13H20O4. The van der Waals surface area contributed by atoms with Crippen LogP contribution < -0.4 is 0 Å². The highest BCUT2D eigenvalue weighted by atomic mass is 16.5. The van der Waals surface area contributed by atoms with Gasteiger partial charge >= 0.3 is 5.97 Å². The Labute approximate surface area is 102 Å². The van der Waals surface area contributed by atoms with Crippen LogP contribution in [0.5, 0.6) is 0 Å². The summed E-state index contributed by atoms with van der Waals surface area (Å²) in [6, 6.07) is 0. The molecule has 0 saturated heterocycles. The molecule has 1 atom stereocenters. The largest absolute Gasteiger partial charge is 0.465 e. The van der Waals surface area contributed by atoms with Crippen LogP contribution in [0, 0.1) is 5.41 Å². The summed E-state index contributed by atoms with van der Waals surface area (Å²) < 4.78 is 5.02. The minimum absolute atomic E-state index is 0.00652. The summed E-state index contributed by atoms with van der Waals surface area (Å²) in [4.78, 5) is 35.1. The number of hydrogen-bond acceptors (Lipinski definition) is 4. The molecule has 1 rings (SSSR count). The van der Waals surface area contributed by atoms with Gasteiger partial charge in [0.15, 0.2) is 0 Å². The fourth-order valence-electron chi connectivity index (χ4n) is 2.33. The van der Waals surface area contributed by atoms with Crippen molar-refractivity contribution in [2.45, 2.75) is 52.4 Å². The fraction of sp³-hybridized carbons (Fsp3) is 0.769. The lowest BCUT2D eigenvalue weighted by molar-refractivity contribution is -0.163. The third-order valence-corrected chi connectivity index (χ3v) is 3.36. The van der Waals surface area contributed by atoms with E-state index in [-0.39, 0.29) is 24.6 Å². The van der Waals surface area contributed by atoms with Gasteiger partial charge in [-0.3, -0.25) is 9.59 Å². The highest BCUT2D eigenvalue weighted by Gasteiger charge is 2.47. The van der Waals surface area contributed by atoms with Crippen LogP contribution in [0.15, 0.2) is 0 Å². The molecule has 0 heterocycles. The normalized spacial score (nSPS) is 24.5. The Kier molecular flexibility index (Phi) is 4.85. The third-order valence-electron chi connectivity index (χ3n) is 3.36. The van der Waals surface area contributed by atoms with Crippen LogP contribution in [-0.2, 0) is 19.1 Å². The molecule has 0 amide bonds. The zero-order chi connectivity index (χ0) is 12.9. The zero-order valence-electron chi connectivity index (χ0n) is 10.6. The predicted molar refractivity (Wildman–Crippen MR) is 62.5 cm³/mol. The van der Waals surface area contributed by atoms with Crippen LogP contribution in [0.3, 0.4) is 0 Å². The van der Waals surface area contributed by atoms with Crippen LogP contribution in [0.4, 0.5) is 0 Å². The van der Waals surface area contributed by atoms with Gasteiger partial charge in [-0.2, -0.15) is 0 Å². The zero-order valence-corrected chi connectivity index (χ0v) is 10.6. The molecule has 0 aromatic carbocycles. The molecule has 0 aromatic heterocycles. The van der Waals surface area contributed by atoms with Crippen LogP contribution in [0.25, 0.3) is 0 Å². The maximum absolute atomic E-state index is 12.0. The topological polar surface area (TPSA) is 60.4 Å². The molecule has 0 radical (unpaired) electrons. The van der Waals surface area contributed by atoms with Crippen molar-refractivity contribution < 1.29 is 19.1 Å². The van der Waals surface area contributed by atoms with E-state index in [2.05, 4.69) is 0 Å². The predicted octanol–water partition coefficient (Wildman–Crippen LogP) is 2.05. The minimum Gasteiger partial charge on any atom is -0.465 e. The number of rotatable bonds is 5. The van der Waals surface area contributed by atoms with Crippen molar-refractivity contribution in [2.24, 2.45) is 5.41 Å². The highest BCUT2D eigenvalue weighted by molar-refractivity contribution is 6.04. The molecule has 17 heavy (non-hydrogen) atoms. The number of carbonyl (C=O) groups is 3. The van der Waals surface area contributed by atoms with E-state index in [9.17, 15) is 14.4 Å². The summed E-state index contributed by atoms with van der Waals surface area (Å²) >= 11 is 0. The summed E-state index contributed by atoms with van der Waals surface area (Å²) in [5.74, 6) is -0.485. The maximum atomic E-state index is 12.0. The lowest BCUT2D eigenvalue weighted by atomic mass is 9.70. The van der Waals surface area contributed by atoms with Crippen molar-refractivity contribution in [3.05, 3.63) is 0 Å². The second-order valence-electron chi connectivity index (χ2n) is 4.63. The van der Waals surface area contributed by atoms with Crippen LogP contribution >= 0.6 is 0 Å². The summed E-state index contributed by atoms with van der Waals surface area (Å²) in [6.45, 7) is 3.48. The van der Waals surface area contributed by atoms with Crippen LogP contribution in [0.1, 0.15) is 52.4 Å². The Hall–Kier alpha value is -1.19. The number of Topliss-reactive ketones (excluding diaryl/α,β-unsaturated/α-hetero) is 2. The fourth-order valence-corrected chi connectivity index (χ4v) is 2.33. The first kappa shape index (κ1) is 13.9. The van der Waals surface area contributed by atoms with Crippen molar-refractivity contribution >= 4 is 17.5 Å². The molecule has 0 N–H and O–H groups in total. The van der Waals surface area contributed by atoms with Gasteiger partial charge in [0.25, 0.3) is 0 Å². The van der Waals surface area contributed by atoms with Gasteiger partial charge in [-0.1, -0.05) is 6.42 Å². The van der Waals surface area contributed by atoms with Gasteiger partial charge in [0.2, 0.25) is 0 Å². The molecule has 1 aliphatic rings. The first-order valence-electron chi connectivity index (χ1n) is 6.23. The molecule has 1 saturated carbocycles. The summed E-state index contributed by atoms with van der Waals surface area (Å²) in [7, 11) is 0. The molecule has 4 nitrogen and oxygen atoms in total. The Bertz CT molecular complexity index is 321. The maximum Gasteiger partial charge on any atom is 0.319 e. The second kappa shape index (κ2) is 5.94. The summed E-state index contributed by atoms with van der Waals surface area (Å²) in [5.41, 5.74) is -1.04. The molecule has 1 fully saturated rings. The van der Waals surface area contributed by atoms with E-state index < -0.39 is 11.4 Å². The van der Waals surface area contributed by atoms with Gasteiger partial charge in [-0.15, -0.1) is 0 Å². The summed E-state index contributed by atoms with van der Waals surface area (Å²) in [6.07, 6.45) is 3.21. The SMILES string of the molecule is CCOC(=O)C1(CCC(C)=O)CCCCC1=O. The van der Waals surface area contributed by atoms with Crippen LogP contribution in [-0.4, -0.2) is 24.1 Å². The number of hydrogen-bond donors (Lipinski definition) is 0. The van der Waals surface area contributed by atoms with Crippen molar-refractivity contribution in [1.29, 1.82) is 0 Å². The van der Waals surface area contributed by atoms with E-state index >= 15 is 0 Å². The van der Waals surface area contributed by atoms with Crippen molar-refractivity contribution in [3.8, 4) is 0 Å². The third kappa shape index (κ3) is 3.14. The minimum atomic E-state index is -1.04. The standard InChI is InChI=1S/C13H20O4/c1-3-17-12(16)13(9-7-10(2)14)8-5-4-6-11(13)15/h3-9H2,1-2H3. The molecule has 0 bridgehead atoms. The first-order valence-corrected chi connectivity index (χ1v) is 6.23. The quantitative estimate of drug-likeness (QED) is 0.545. The van der Waals surface area contributed by atoms with Gasteiger partial charge in [0.1, 0.15) is 17.0 Å². The highest BCUT2D eigenvalue weighted by Crippen LogP contribution is 2.38. The van der Waals surface area contributed by atoms with E-state index in [0.29, 0.717) is 19.3 Å². The molecule has 96 valence electrons. The Balaban J connectivity index is 2.85. The van der Waals surface area contributed by atoms with Gasteiger partial charge in [0, 0.05) is 12.8 Å². The van der Waals surface area contributed by atoms with E-state index in [1.165, 1.54) is 6.92 Å². The number of ether oxygens (including phenoxy) is 1. The molecule has 1 aliphatic carbocycles. The molecule has 1 unspecified atom stereocenters. The molecule has 0 aliphatic heterocycles. The number of ketones is 2. The molecule has 0 aromatic rings. The lowest BCUT2D eigenvalue weighted by Crippen LogP contribution is -2.43. The van der Waals surface area contributed by atoms with E-state index in [0.717, 1.165) is 12.8 Å². The van der Waals surface area contributed by atoms with Gasteiger partial charge in [-0.05, 0) is 33.1 Å². The van der Waals surface area contributed by atoms with E-state index in [1.54, 1.807) is 6.92 Å². The number of carbonyl (C=O) groups excluding carboxylic acids is 3. The lowest BCUT2D eigenvalue weighted by Gasteiger charge is -2.33. The van der Waals surface area contributed by atoms with Crippen LogP contribution in [0.2, 0.25) is 0 Å². The second-order valence-corrected chi connectivity index (χ2v) is 4.63. The number of esters is 1. The van der Waals surface area contributed by atoms with E-state index in [1.807, 2.05) is 0 Å². The van der Waals surface area contributed by atoms with Crippen molar-refractivity contribution in [1.82, 2.24) is 0 Å². The average Bonchev–Trinajstić information content (AvgIpc) is 2.28. The van der Waals surface area contributed by atoms with Crippen molar-refractivity contribution in [3.63, 3.8) is 0 Å². The molecule has 4 heteroatoms.